The predicted molar refractivity (Wildman–Crippen MR) is 47.3 cm³/mol. The lowest BCUT2D eigenvalue weighted by Gasteiger charge is -2.37. The van der Waals surface area contributed by atoms with Crippen molar-refractivity contribution in [1.29, 1.82) is 0 Å². The highest BCUT2D eigenvalue weighted by Crippen LogP contribution is 2.40. The van der Waals surface area contributed by atoms with Gasteiger partial charge in [-0.25, -0.2) is 0 Å². The lowest BCUT2D eigenvalue weighted by molar-refractivity contribution is 0.232. The van der Waals surface area contributed by atoms with Crippen molar-refractivity contribution in [1.82, 2.24) is 0 Å². The molecule has 0 amide bonds. The summed E-state index contributed by atoms with van der Waals surface area (Å²) in [7, 11) is 0. The third kappa shape index (κ3) is 1.34. The molecule has 2 bridgehead atoms. The quantitative estimate of drug-likeness (QED) is 0.519. The second-order valence-corrected chi connectivity index (χ2v) is 5.16. The van der Waals surface area contributed by atoms with Gasteiger partial charge >= 0.3 is 0 Å². The fourth-order valence-corrected chi connectivity index (χ4v) is 3.92. The fourth-order valence-electron chi connectivity index (χ4n) is 2.57. The van der Waals surface area contributed by atoms with Crippen LogP contribution < -0.4 is 0 Å². The molecule has 0 spiro atoms. The topological polar surface area (TPSA) is 0 Å². The summed E-state index contributed by atoms with van der Waals surface area (Å²) in [6, 6.07) is 0. The van der Waals surface area contributed by atoms with Crippen LogP contribution in [-0.4, -0.2) is 11.5 Å². The molecule has 1 heterocycles. The van der Waals surface area contributed by atoms with Gasteiger partial charge < -0.3 is 0 Å². The minimum absolute atomic E-state index is 1.03. The summed E-state index contributed by atoms with van der Waals surface area (Å²) in [5, 5.41) is 0. The smallest absolute Gasteiger partial charge is 0.00388 e. The summed E-state index contributed by atoms with van der Waals surface area (Å²) in [4.78, 5) is 0. The monoisotopic (exact) mass is 156 g/mol. The van der Waals surface area contributed by atoms with Crippen molar-refractivity contribution < 1.29 is 0 Å². The van der Waals surface area contributed by atoms with Crippen molar-refractivity contribution in [3.8, 4) is 0 Å². The molecule has 1 aliphatic carbocycles. The molecule has 2 fully saturated rings. The Kier molecular flexibility index (Phi) is 1.94. The van der Waals surface area contributed by atoms with E-state index in [1.807, 2.05) is 0 Å². The van der Waals surface area contributed by atoms with E-state index in [-0.39, 0.29) is 0 Å². The van der Waals surface area contributed by atoms with Crippen LogP contribution in [0.3, 0.4) is 0 Å². The molecule has 0 aromatic heterocycles. The van der Waals surface area contributed by atoms with Crippen LogP contribution in [0.25, 0.3) is 0 Å². The maximum atomic E-state index is 2.43. The predicted octanol–water partition coefficient (Wildman–Crippen LogP) is 2.79. The van der Waals surface area contributed by atoms with Crippen LogP contribution in [0.2, 0.25) is 0 Å². The van der Waals surface area contributed by atoms with Gasteiger partial charge in [-0.05, 0) is 48.5 Å². The number of hydrogen-bond donors (Lipinski definition) is 0. The fraction of sp³-hybridized carbons (Fsp3) is 1.00. The van der Waals surface area contributed by atoms with Gasteiger partial charge in [0, 0.05) is 0 Å². The largest absolute Gasteiger partial charge is 0.161 e. The zero-order valence-electron chi connectivity index (χ0n) is 6.68. The summed E-state index contributed by atoms with van der Waals surface area (Å²) in [5.41, 5.74) is 0. The van der Waals surface area contributed by atoms with E-state index < -0.39 is 0 Å². The van der Waals surface area contributed by atoms with Crippen LogP contribution >= 0.6 is 11.8 Å². The second-order valence-electron chi connectivity index (χ2n) is 4.08. The summed E-state index contributed by atoms with van der Waals surface area (Å²) in [6.45, 7) is 2.43. The zero-order valence-corrected chi connectivity index (χ0v) is 7.49. The molecule has 0 aromatic rings. The van der Waals surface area contributed by atoms with E-state index in [0.717, 1.165) is 17.8 Å². The van der Waals surface area contributed by atoms with E-state index in [0.29, 0.717) is 0 Å². The Morgan fingerprint density at radius 2 is 1.60 bits per heavy atom. The van der Waals surface area contributed by atoms with Crippen LogP contribution in [0.15, 0.2) is 0 Å². The Labute approximate surface area is 67.8 Å². The first kappa shape index (κ1) is 7.02. The van der Waals surface area contributed by atoms with E-state index in [4.69, 9.17) is 0 Å². The van der Waals surface area contributed by atoms with E-state index >= 15 is 0 Å². The number of fused-ring (bicyclic) bond motifs is 2. The van der Waals surface area contributed by atoms with Crippen molar-refractivity contribution in [2.45, 2.75) is 26.2 Å². The van der Waals surface area contributed by atoms with Crippen molar-refractivity contribution in [3.63, 3.8) is 0 Å². The number of hydrogen-bond acceptors (Lipinski definition) is 1. The van der Waals surface area contributed by atoms with Gasteiger partial charge in [0.1, 0.15) is 0 Å². The Balaban J connectivity index is 1.98. The van der Waals surface area contributed by atoms with Gasteiger partial charge in [0.2, 0.25) is 0 Å². The highest BCUT2D eigenvalue weighted by atomic mass is 32.2. The zero-order chi connectivity index (χ0) is 6.97. The van der Waals surface area contributed by atoms with Crippen molar-refractivity contribution in [2.24, 2.45) is 17.8 Å². The highest BCUT2D eigenvalue weighted by molar-refractivity contribution is 7.99. The molecule has 2 atom stereocenters. The first-order valence-electron chi connectivity index (χ1n) is 4.42. The first-order valence-corrected chi connectivity index (χ1v) is 5.58. The lowest BCUT2D eigenvalue weighted by atomic mass is 9.77. The minimum Gasteiger partial charge on any atom is -0.161 e. The molecule has 1 saturated heterocycles. The van der Waals surface area contributed by atoms with Crippen LogP contribution in [0.1, 0.15) is 26.2 Å². The molecule has 2 aliphatic rings. The van der Waals surface area contributed by atoms with Gasteiger partial charge in [0.15, 0.2) is 0 Å². The molecule has 2 unspecified atom stereocenters. The van der Waals surface area contributed by atoms with Gasteiger partial charge in [-0.1, -0.05) is 6.92 Å². The lowest BCUT2D eigenvalue weighted by Crippen LogP contribution is -2.28. The molecule has 0 nitrogen and oxygen atoms in total. The average molecular weight is 156 g/mol. The van der Waals surface area contributed by atoms with Crippen LogP contribution in [-0.2, 0) is 0 Å². The number of rotatable bonds is 0. The Bertz CT molecular complexity index is 106. The second kappa shape index (κ2) is 2.77. The molecule has 1 heteroatoms. The SMILES string of the molecule is CC1CC2CSCC(C1)C2. The normalized spacial score (nSPS) is 47.1. The third-order valence-corrected chi connectivity index (χ3v) is 4.26. The molecule has 1 saturated carbocycles. The van der Waals surface area contributed by atoms with E-state index in [1.165, 1.54) is 24.3 Å². The van der Waals surface area contributed by atoms with Gasteiger partial charge in [-0.15, -0.1) is 0 Å². The van der Waals surface area contributed by atoms with Crippen molar-refractivity contribution >= 4 is 11.8 Å². The van der Waals surface area contributed by atoms with Crippen LogP contribution in [0.4, 0.5) is 0 Å². The summed E-state index contributed by atoms with van der Waals surface area (Å²) < 4.78 is 0. The molecule has 0 N–H and O–H groups in total. The molecule has 10 heavy (non-hydrogen) atoms. The minimum atomic E-state index is 1.03. The average Bonchev–Trinajstić information content (AvgIpc) is 1.85. The Hall–Kier alpha value is 0.350. The van der Waals surface area contributed by atoms with E-state index in [2.05, 4.69) is 18.7 Å². The first-order chi connectivity index (χ1) is 4.84. The van der Waals surface area contributed by atoms with Gasteiger partial charge in [0.05, 0.1) is 0 Å². The van der Waals surface area contributed by atoms with E-state index in [9.17, 15) is 0 Å². The standard InChI is InChI=1S/C9H16S/c1-7-2-8-4-9(3-7)6-10-5-8/h7-9H,2-6H2,1H3. The Morgan fingerprint density at radius 3 is 2.20 bits per heavy atom. The molecular weight excluding hydrogens is 140 g/mol. The Morgan fingerprint density at radius 1 is 1.00 bits per heavy atom. The van der Waals surface area contributed by atoms with Gasteiger partial charge in [-0.2, -0.15) is 11.8 Å². The third-order valence-electron chi connectivity index (χ3n) is 2.85. The maximum Gasteiger partial charge on any atom is -0.00388 e. The molecular formula is C9H16S. The summed E-state index contributed by atoms with van der Waals surface area (Å²) in [6.07, 6.45) is 4.59. The van der Waals surface area contributed by atoms with Crippen LogP contribution in [0.5, 0.6) is 0 Å². The molecule has 58 valence electrons. The molecule has 1 aliphatic heterocycles. The number of thioether (sulfide) groups is 1. The molecule has 2 rings (SSSR count). The van der Waals surface area contributed by atoms with Crippen molar-refractivity contribution in [3.05, 3.63) is 0 Å². The summed E-state index contributed by atoms with van der Waals surface area (Å²) >= 11 is 2.19. The van der Waals surface area contributed by atoms with Gasteiger partial charge in [0.25, 0.3) is 0 Å². The molecule has 0 radical (unpaired) electrons. The van der Waals surface area contributed by atoms with Crippen LogP contribution in [0, 0.1) is 17.8 Å². The maximum absolute atomic E-state index is 2.43. The molecule has 0 aromatic carbocycles. The van der Waals surface area contributed by atoms with Crippen molar-refractivity contribution in [2.75, 3.05) is 11.5 Å². The summed E-state index contributed by atoms with van der Waals surface area (Å²) in [5.74, 6) is 6.13. The van der Waals surface area contributed by atoms with E-state index in [1.54, 1.807) is 6.42 Å². The van der Waals surface area contributed by atoms with Gasteiger partial charge in [-0.3, -0.25) is 0 Å². The highest BCUT2D eigenvalue weighted by Gasteiger charge is 2.29.